The van der Waals surface area contributed by atoms with E-state index in [-0.39, 0.29) is 5.91 Å². The van der Waals surface area contributed by atoms with Gasteiger partial charge in [0, 0.05) is 23.0 Å². The Morgan fingerprint density at radius 1 is 1.22 bits per heavy atom. The molecule has 1 aliphatic rings. The second kappa shape index (κ2) is 7.80. The van der Waals surface area contributed by atoms with Gasteiger partial charge in [-0.2, -0.15) is 5.10 Å². The molecule has 2 heterocycles. The van der Waals surface area contributed by atoms with Gasteiger partial charge in [-0.05, 0) is 47.0 Å². The molecule has 27 heavy (non-hydrogen) atoms. The largest absolute Gasteiger partial charge is 0.493 e. The van der Waals surface area contributed by atoms with Crippen molar-refractivity contribution in [3.8, 4) is 5.75 Å². The van der Waals surface area contributed by atoms with Crippen molar-refractivity contribution in [2.75, 3.05) is 11.9 Å². The number of carbonyl (C=O) groups excluding carboxylic acids is 1. The van der Waals surface area contributed by atoms with Gasteiger partial charge in [-0.3, -0.25) is 4.79 Å². The van der Waals surface area contributed by atoms with Crippen LogP contribution in [0.1, 0.15) is 16.7 Å². The summed E-state index contributed by atoms with van der Waals surface area (Å²) in [5.74, 6) is 1.41. The van der Waals surface area contributed by atoms with Crippen molar-refractivity contribution < 1.29 is 9.53 Å². The molecule has 1 aliphatic heterocycles. The van der Waals surface area contributed by atoms with Gasteiger partial charge in [0.15, 0.2) is 0 Å². The smallest absolute Gasteiger partial charge is 0.249 e. The lowest BCUT2D eigenvalue weighted by Crippen LogP contribution is -2.13. The van der Waals surface area contributed by atoms with E-state index < -0.39 is 0 Å². The summed E-state index contributed by atoms with van der Waals surface area (Å²) < 4.78 is 8.30. The summed E-state index contributed by atoms with van der Waals surface area (Å²) in [5, 5.41) is 7.18. The van der Waals surface area contributed by atoms with E-state index in [4.69, 9.17) is 4.74 Å². The van der Waals surface area contributed by atoms with Gasteiger partial charge in [0.05, 0.1) is 19.3 Å². The van der Waals surface area contributed by atoms with Gasteiger partial charge < -0.3 is 10.1 Å². The van der Waals surface area contributed by atoms with Crippen LogP contribution in [0.5, 0.6) is 5.75 Å². The third-order valence-electron chi connectivity index (χ3n) is 4.35. The highest BCUT2D eigenvalue weighted by molar-refractivity contribution is 9.10. The lowest BCUT2D eigenvalue weighted by Gasteiger charge is -2.08. The van der Waals surface area contributed by atoms with E-state index in [1.54, 1.807) is 16.9 Å². The van der Waals surface area contributed by atoms with Crippen LogP contribution in [0.2, 0.25) is 0 Å². The van der Waals surface area contributed by atoms with Crippen LogP contribution in [0, 0.1) is 0 Å². The molecule has 0 unspecified atom stereocenters. The van der Waals surface area contributed by atoms with Crippen molar-refractivity contribution in [2.45, 2.75) is 13.0 Å². The molecular formula is C21H18BrN3O2. The average molecular weight is 424 g/mol. The maximum absolute atomic E-state index is 12.3. The predicted molar refractivity (Wildman–Crippen MR) is 109 cm³/mol. The lowest BCUT2D eigenvalue weighted by molar-refractivity contribution is -0.111. The van der Waals surface area contributed by atoms with E-state index in [0.29, 0.717) is 12.4 Å². The van der Waals surface area contributed by atoms with Crippen molar-refractivity contribution in [1.29, 1.82) is 0 Å². The Hall–Kier alpha value is -2.86. The van der Waals surface area contributed by atoms with Crippen molar-refractivity contribution in [1.82, 2.24) is 9.78 Å². The molecule has 5 nitrogen and oxygen atoms in total. The van der Waals surface area contributed by atoms with Gasteiger partial charge in [0.1, 0.15) is 11.6 Å². The molecular weight excluding hydrogens is 406 g/mol. The number of amides is 1. The summed E-state index contributed by atoms with van der Waals surface area (Å²) in [6.07, 6.45) is 5.94. The monoisotopic (exact) mass is 423 g/mol. The number of nitrogens with one attached hydrogen (secondary N) is 1. The highest BCUT2D eigenvalue weighted by atomic mass is 79.9. The first kappa shape index (κ1) is 17.5. The zero-order chi connectivity index (χ0) is 18.6. The fourth-order valence-electron chi connectivity index (χ4n) is 2.98. The maximum Gasteiger partial charge on any atom is 0.249 e. The molecule has 0 aliphatic carbocycles. The number of aromatic nitrogens is 2. The second-order valence-electron chi connectivity index (χ2n) is 6.29. The first-order chi connectivity index (χ1) is 13.2. The summed E-state index contributed by atoms with van der Waals surface area (Å²) in [5.41, 5.74) is 3.27. The number of ether oxygens (including phenoxy) is 1. The molecule has 0 saturated heterocycles. The lowest BCUT2D eigenvalue weighted by atomic mass is 10.1. The minimum absolute atomic E-state index is 0.190. The second-order valence-corrected chi connectivity index (χ2v) is 7.20. The molecule has 3 aromatic rings. The maximum atomic E-state index is 12.3. The van der Waals surface area contributed by atoms with Crippen LogP contribution in [0.4, 0.5) is 5.82 Å². The van der Waals surface area contributed by atoms with Crippen LogP contribution < -0.4 is 10.1 Å². The normalized spacial score (nSPS) is 12.8. The molecule has 4 rings (SSSR count). The number of fused-ring (bicyclic) bond motifs is 1. The zero-order valence-electron chi connectivity index (χ0n) is 14.6. The molecule has 0 saturated carbocycles. The quantitative estimate of drug-likeness (QED) is 0.623. The number of hydrogen-bond donors (Lipinski definition) is 1. The third kappa shape index (κ3) is 4.28. The Kier molecular flexibility index (Phi) is 5.07. The molecule has 1 N–H and O–H groups in total. The van der Waals surface area contributed by atoms with Crippen LogP contribution in [-0.4, -0.2) is 22.3 Å². The summed E-state index contributed by atoms with van der Waals surface area (Å²) in [6, 6.07) is 15.8. The molecule has 1 amide bonds. The molecule has 1 aromatic heterocycles. The molecule has 0 bridgehead atoms. The van der Waals surface area contributed by atoms with E-state index in [0.717, 1.165) is 34.4 Å². The Bertz CT molecular complexity index is 993. The van der Waals surface area contributed by atoms with Crippen LogP contribution in [0.25, 0.3) is 6.08 Å². The van der Waals surface area contributed by atoms with Gasteiger partial charge in [0.2, 0.25) is 5.91 Å². The van der Waals surface area contributed by atoms with Gasteiger partial charge in [-0.1, -0.05) is 34.1 Å². The van der Waals surface area contributed by atoms with Gasteiger partial charge >= 0.3 is 0 Å². The van der Waals surface area contributed by atoms with E-state index in [9.17, 15) is 4.79 Å². The highest BCUT2D eigenvalue weighted by Gasteiger charge is 2.11. The highest BCUT2D eigenvalue weighted by Crippen LogP contribution is 2.26. The molecule has 6 heteroatoms. The molecule has 0 radical (unpaired) electrons. The van der Waals surface area contributed by atoms with E-state index >= 15 is 0 Å². The minimum Gasteiger partial charge on any atom is -0.493 e. The predicted octanol–water partition coefficient (Wildman–Crippen LogP) is 4.28. The number of anilines is 1. The van der Waals surface area contributed by atoms with Crippen LogP contribution in [0.15, 0.2) is 65.3 Å². The van der Waals surface area contributed by atoms with Crippen LogP contribution in [0.3, 0.4) is 0 Å². The van der Waals surface area contributed by atoms with Crippen LogP contribution >= 0.6 is 15.9 Å². The number of benzene rings is 2. The molecule has 0 spiro atoms. The van der Waals surface area contributed by atoms with Gasteiger partial charge in [-0.15, -0.1) is 0 Å². The third-order valence-corrected chi connectivity index (χ3v) is 4.88. The Morgan fingerprint density at radius 3 is 2.93 bits per heavy atom. The van der Waals surface area contributed by atoms with Crippen molar-refractivity contribution in [3.63, 3.8) is 0 Å². The Balaban J connectivity index is 1.41. The topological polar surface area (TPSA) is 56.1 Å². The van der Waals surface area contributed by atoms with Gasteiger partial charge in [0.25, 0.3) is 0 Å². The van der Waals surface area contributed by atoms with E-state index in [1.807, 2.05) is 42.5 Å². The summed E-state index contributed by atoms with van der Waals surface area (Å²) in [4.78, 5) is 12.3. The average Bonchev–Trinajstić information content (AvgIpc) is 3.31. The summed E-state index contributed by atoms with van der Waals surface area (Å²) in [6.45, 7) is 1.32. The first-order valence-electron chi connectivity index (χ1n) is 8.68. The molecule has 2 aromatic carbocycles. The van der Waals surface area contributed by atoms with Crippen molar-refractivity contribution in [3.05, 3.63) is 82.0 Å². The number of hydrogen-bond acceptors (Lipinski definition) is 3. The fourth-order valence-corrected chi connectivity index (χ4v) is 3.24. The Labute approximate surface area is 165 Å². The van der Waals surface area contributed by atoms with E-state index in [1.165, 1.54) is 11.6 Å². The number of halogens is 1. The van der Waals surface area contributed by atoms with Crippen LogP contribution in [-0.2, 0) is 17.8 Å². The minimum atomic E-state index is -0.190. The molecule has 136 valence electrons. The van der Waals surface area contributed by atoms with Crippen molar-refractivity contribution in [2.24, 2.45) is 0 Å². The summed E-state index contributed by atoms with van der Waals surface area (Å²) >= 11 is 3.43. The van der Waals surface area contributed by atoms with E-state index in [2.05, 4.69) is 32.4 Å². The zero-order valence-corrected chi connectivity index (χ0v) is 16.1. The van der Waals surface area contributed by atoms with Crippen molar-refractivity contribution >= 4 is 33.7 Å². The standard InChI is InChI=1S/C21H18BrN3O2/c22-18-5-1-16(2-6-18)14-25-20(9-11-23-25)24-21(26)8-4-15-3-7-19-17(13-15)10-12-27-19/h1-9,11,13H,10,12,14H2,(H,24,26)/b8-4+. The number of carbonyl (C=O) groups is 1. The summed E-state index contributed by atoms with van der Waals surface area (Å²) in [7, 11) is 0. The number of rotatable bonds is 5. The first-order valence-corrected chi connectivity index (χ1v) is 9.48. The SMILES string of the molecule is O=C(/C=C/c1ccc2c(c1)CCO2)Nc1ccnn1Cc1ccc(Br)cc1. The molecule has 0 fully saturated rings. The number of nitrogens with zero attached hydrogens (tertiary/aromatic N) is 2. The Morgan fingerprint density at radius 2 is 2.07 bits per heavy atom. The fraction of sp³-hybridized carbons (Fsp3) is 0.143. The molecule has 0 atom stereocenters. The van der Waals surface area contributed by atoms with Gasteiger partial charge in [-0.25, -0.2) is 4.68 Å².